The Morgan fingerprint density at radius 3 is 2.54 bits per heavy atom. The van der Waals surface area contributed by atoms with Crippen LogP contribution in [0.4, 0.5) is 0 Å². The van der Waals surface area contributed by atoms with E-state index in [1.54, 1.807) is 14.2 Å². The van der Waals surface area contributed by atoms with Crippen LogP contribution in [0.25, 0.3) is 0 Å². The first kappa shape index (κ1) is 16.8. The number of methoxy groups -OCH3 is 2. The predicted octanol–water partition coefficient (Wildman–Crippen LogP) is 2.42. The molecule has 24 heavy (non-hydrogen) atoms. The minimum Gasteiger partial charge on any atom is -0.493 e. The maximum Gasteiger partial charge on any atom is 0.161 e. The van der Waals surface area contributed by atoms with Crippen LogP contribution in [0.1, 0.15) is 30.4 Å². The highest BCUT2D eigenvalue weighted by atomic mass is 16.5. The minimum atomic E-state index is 0.306. The molecule has 0 spiro atoms. The molecule has 5 nitrogen and oxygen atoms in total. The van der Waals surface area contributed by atoms with Crippen LogP contribution >= 0.6 is 0 Å². The Bertz CT molecular complexity index is 667. The van der Waals surface area contributed by atoms with Crippen molar-refractivity contribution in [1.82, 2.24) is 10.2 Å². The highest BCUT2D eigenvalue weighted by molar-refractivity contribution is 6.02. The van der Waals surface area contributed by atoms with Gasteiger partial charge in [-0.1, -0.05) is 12.2 Å². The molecule has 0 fully saturated rings. The summed E-state index contributed by atoms with van der Waals surface area (Å²) in [6.07, 6.45) is 5.60. The van der Waals surface area contributed by atoms with Crippen molar-refractivity contribution in [3.8, 4) is 11.5 Å². The summed E-state index contributed by atoms with van der Waals surface area (Å²) in [6, 6.07) is 4.83. The first-order valence-electron chi connectivity index (χ1n) is 8.51. The molecule has 2 aliphatic rings. The molecule has 1 aliphatic heterocycles. The highest BCUT2D eigenvalue weighted by Gasteiger charge is 2.39. The summed E-state index contributed by atoms with van der Waals surface area (Å²) in [5.74, 6) is 2.88. The number of fused-ring (bicyclic) bond motifs is 3. The third-order valence-electron chi connectivity index (χ3n) is 4.95. The molecule has 1 aromatic rings. The number of benzene rings is 1. The molecule has 1 aromatic carbocycles. The van der Waals surface area contributed by atoms with E-state index in [1.807, 2.05) is 0 Å². The lowest BCUT2D eigenvalue weighted by atomic mass is 9.75. The fourth-order valence-corrected chi connectivity index (χ4v) is 3.80. The van der Waals surface area contributed by atoms with Crippen molar-refractivity contribution in [2.45, 2.75) is 31.3 Å². The SMILES string of the molecule is CCN=C1NC2[C@@H](CC=C[C@@H]2N(C)C)c2cc(OC)c(OC)cc21. The van der Waals surface area contributed by atoms with Gasteiger partial charge in [-0.3, -0.25) is 4.99 Å². The van der Waals surface area contributed by atoms with E-state index in [0.29, 0.717) is 18.0 Å². The normalized spacial score (nSPS) is 26.8. The van der Waals surface area contributed by atoms with Crippen LogP contribution in [0, 0.1) is 0 Å². The lowest BCUT2D eigenvalue weighted by Crippen LogP contribution is -2.56. The Labute approximate surface area is 144 Å². The quantitative estimate of drug-likeness (QED) is 0.862. The Kier molecular flexibility index (Phi) is 4.81. The van der Waals surface area contributed by atoms with Crippen LogP contribution in [0.15, 0.2) is 29.3 Å². The van der Waals surface area contributed by atoms with Gasteiger partial charge in [0.1, 0.15) is 5.84 Å². The number of allylic oxidation sites excluding steroid dienone is 1. The minimum absolute atomic E-state index is 0.306. The molecule has 3 rings (SSSR count). The Hall–Kier alpha value is -2.01. The summed E-state index contributed by atoms with van der Waals surface area (Å²) in [6.45, 7) is 2.81. The average Bonchev–Trinajstić information content (AvgIpc) is 2.60. The molecule has 1 heterocycles. The average molecular weight is 329 g/mol. The number of amidine groups is 1. The highest BCUT2D eigenvalue weighted by Crippen LogP contribution is 2.41. The van der Waals surface area contributed by atoms with E-state index in [4.69, 9.17) is 14.5 Å². The smallest absolute Gasteiger partial charge is 0.161 e. The van der Waals surface area contributed by atoms with Crippen molar-refractivity contribution in [2.24, 2.45) is 4.99 Å². The summed E-state index contributed by atoms with van der Waals surface area (Å²) >= 11 is 0. The van der Waals surface area contributed by atoms with Crippen molar-refractivity contribution in [3.63, 3.8) is 0 Å². The number of nitrogens with zero attached hydrogens (tertiary/aromatic N) is 2. The van der Waals surface area contributed by atoms with E-state index in [9.17, 15) is 0 Å². The Morgan fingerprint density at radius 1 is 1.21 bits per heavy atom. The molecule has 3 atom stereocenters. The molecule has 0 saturated heterocycles. The molecule has 5 heteroatoms. The zero-order chi connectivity index (χ0) is 17.3. The van der Waals surface area contributed by atoms with Gasteiger partial charge in [-0.25, -0.2) is 0 Å². The number of ether oxygens (including phenoxy) is 2. The number of nitrogens with one attached hydrogen (secondary N) is 1. The Morgan fingerprint density at radius 2 is 1.92 bits per heavy atom. The molecule has 1 N–H and O–H groups in total. The number of rotatable bonds is 4. The lowest BCUT2D eigenvalue weighted by Gasteiger charge is -2.43. The van der Waals surface area contributed by atoms with Crippen molar-refractivity contribution in [2.75, 3.05) is 34.9 Å². The van der Waals surface area contributed by atoms with Crippen molar-refractivity contribution >= 4 is 5.84 Å². The summed E-state index contributed by atoms with van der Waals surface area (Å²) < 4.78 is 11.0. The topological polar surface area (TPSA) is 46.1 Å². The zero-order valence-electron chi connectivity index (χ0n) is 15.2. The second kappa shape index (κ2) is 6.85. The summed E-state index contributed by atoms with van der Waals surface area (Å²) in [5.41, 5.74) is 2.42. The van der Waals surface area contributed by atoms with Crippen LogP contribution in [-0.2, 0) is 0 Å². The van der Waals surface area contributed by atoms with Crippen LogP contribution in [-0.4, -0.2) is 57.7 Å². The first-order chi connectivity index (χ1) is 11.6. The summed E-state index contributed by atoms with van der Waals surface area (Å²) in [7, 11) is 7.61. The molecule has 1 aliphatic carbocycles. The van der Waals surface area contributed by atoms with E-state index in [-0.39, 0.29) is 0 Å². The second-order valence-corrected chi connectivity index (χ2v) is 6.51. The molecule has 0 amide bonds. The van der Waals surface area contributed by atoms with Gasteiger partial charge in [0.05, 0.1) is 20.3 Å². The second-order valence-electron chi connectivity index (χ2n) is 6.51. The molecular weight excluding hydrogens is 302 g/mol. The van der Waals surface area contributed by atoms with Crippen molar-refractivity contribution < 1.29 is 9.47 Å². The van der Waals surface area contributed by atoms with Gasteiger partial charge in [0.2, 0.25) is 0 Å². The number of hydrogen-bond acceptors (Lipinski definition) is 4. The maximum absolute atomic E-state index is 5.54. The standard InChI is InChI=1S/C19H27N3O2/c1-6-20-19-14-11-17(24-5)16(23-4)10-13(14)12-8-7-9-15(22(2)3)18(12)21-19/h7,9-12,15,18H,6,8H2,1-5H3,(H,20,21)/t12-,15-,18?/m0/s1. The molecule has 0 radical (unpaired) electrons. The molecule has 0 bridgehead atoms. The zero-order valence-corrected chi connectivity index (χ0v) is 15.2. The van der Waals surface area contributed by atoms with Gasteiger partial charge in [-0.15, -0.1) is 0 Å². The molecular formula is C19H27N3O2. The van der Waals surface area contributed by atoms with Crippen LogP contribution < -0.4 is 14.8 Å². The van der Waals surface area contributed by atoms with Crippen LogP contribution in [0.2, 0.25) is 0 Å². The Balaban J connectivity index is 2.14. The molecule has 0 aromatic heterocycles. The van der Waals surface area contributed by atoms with Gasteiger partial charge in [0.15, 0.2) is 11.5 Å². The monoisotopic (exact) mass is 329 g/mol. The first-order valence-corrected chi connectivity index (χ1v) is 8.51. The van der Waals surface area contributed by atoms with Gasteiger partial charge in [-0.2, -0.15) is 0 Å². The van der Waals surface area contributed by atoms with E-state index in [2.05, 4.69) is 55.5 Å². The van der Waals surface area contributed by atoms with Gasteiger partial charge >= 0.3 is 0 Å². The van der Waals surface area contributed by atoms with Crippen LogP contribution in [0.5, 0.6) is 11.5 Å². The van der Waals surface area contributed by atoms with E-state index < -0.39 is 0 Å². The lowest BCUT2D eigenvalue weighted by molar-refractivity contribution is 0.250. The van der Waals surface area contributed by atoms with Gasteiger partial charge < -0.3 is 19.7 Å². The van der Waals surface area contributed by atoms with Crippen LogP contribution in [0.3, 0.4) is 0 Å². The fourth-order valence-electron chi connectivity index (χ4n) is 3.80. The largest absolute Gasteiger partial charge is 0.493 e. The van der Waals surface area contributed by atoms with Gasteiger partial charge in [0, 0.05) is 24.1 Å². The maximum atomic E-state index is 5.54. The summed E-state index contributed by atoms with van der Waals surface area (Å²) in [5, 5.41) is 3.69. The third-order valence-corrected chi connectivity index (χ3v) is 4.95. The van der Waals surface area contributed by atoms with Gasteiger partial charge in [-0.05, 0) is 45.1 Å². The number of aliphatic imine (C=N–C) groups is 1. The van der Waals surface area contributed by atoms with E-state index in [0.717, 1.165) is 35.9 Å². The van der Waals surface area contributed by atoms with E-state index >= 15 is 0 Å². The van der Waals surface area contributed by atoms with Crippen molar-refractivity contribution in [3.05, 3.63) is 35.4 Å². The number of hydrogen-bond donors (Lipinski definition) is 1. The molecule has 0 saturated carbocycles. The van der Waals surface area contributed by atoms with E-state index in [1.165, 1.54) is 5.56 Å². The number of likely N-dealkylation sites (N-methyl/N-ethyl adjacent to an activating group) is 1. The fraction of sp³-hybridized carbons (Fsp3) is 0.526. The third kappa shape index (κ3) is 2.77. The van der Waals surface area contributed by atoms with Gasteiger partial charge in [0.25, 0.3) is 0 Å². The summed E-state index contributed by atoms with van der Waals surface area (Å²) in [4.78, 5) is 6.97. The molecule has 130 valence electrons. The molecule has 1 unspecified atom stereocenters. The van der Waals surface area contributed by atoms with Crippen molar-refractivity contribution in [1.29, 1.82) is 0 Å². The predicted molar refractivity (Wildman–Crippen MR) is 97.5 cm³/mol.